The van der Waals surface area contributed by atoms with Crippen molar-refractivity contribution in [3.05, 3.63) is 0 Å². The van der Waals surface area contributed by atoms with Gasteiger partial charge in [0.1, 0.15) is 0 Å². The highest BCUT2D eigenvalue weighted by Gasteiger charge is 2.32. The molecule has 4 nitrogen and oxygen atoms in total. The molecule has 3 rings (SSSR count). The molecule has 2 saturated carbocycles. The smallest absolute Gasteiger partial charge is 0.221 e. The van der Waals surface area contributed by atoms with Gasteiger partial charge in [-0.25, -0.2) is 0 Å². The number of carbonyl (C=O) groups excluding carboxylic acids is 1. The molecular formula is C16H28N2O2. The van der Waals surface area contributed by atoms with Gasteiger partial charge in [-0.15, -0.1) is 0 Å². The van der Waals surface area contributed by atoms with E-state index >= 15 is 0 Å². The van der Waals surface area contributed by atoms with Crippen molar-refractivity contribution >= 4 is 5.91 Å². The Morgan fingerprint density at radius 3 is 2.80 bits per heavy atom. The maximum absolute atomic E-state index is 12.1. The van der Waals surface area contributed by atoms with Crippen LogP contribution in [0.4, 0.5) is 0 Å². The highest BCUT2D eigenvalue weighted by atomic mass is 16.5. The summed E-state index contributed by atoms with van der Waals surface area (Å²) < 4.78 is 5.40. The van der Waals surface area contributed by atoms with E-state index in [9.17, 15) is 4.79 Å². The SMILES string of the molecule is O=C(CC1COCCN1)NC1CCC2CCCCC2C1. The molecule has 0 radical (unpaired) electrons. The first-order valence-electron chi connectivity index (χ1n) is 8.42. The highest BCUT2D eigenvalue weighted by Crippen LogP contribution is 2.40. The van der Waals surface area contributed by atoms with Crippen LogP contribution >= 0.6 is 0 Å². The Labute approximate surface area is 122 Å². The molecule has 1 heterocycles. The van der Waals surface area contributed by atoms with Crippen LogP contribution in [0.25, 0.3) is 0 Å². The summed E-state index contributed by atoms with van der Waals surface area (Å²) in [6, 6.07) is 0.626. The quantitative estimate of drug-likeness (QED) is 0.829. The van der Waals surface area contributed by atoms with Crippen LogP contribution in [0, 0.1) is 11.8 Å². The second-order valence-electron chi connectivity index (χ2n) is 6.81. The molecule has 3 fully saturated rings. The third-order valence-electron chi connectivity index (χ3n) is 5.34. The fourth-order valence-corrected chi connectivity index (χ4v) is 4.27. The monoisotopic (exact) mass is 280 g/mol. The average Bonchev–Trinajstić information content (AvgIpc) is 2.48. The molecular weight excluding hydrogens is 252 g/mol. The number of morpholine rings is 1. The number of ether oxygens (including phenoxy) is 1. The lowest BCUT2D eigenvalue weighted by Crippen LogP contribution is -2.47. The van der Waals surface area contributed by atoms with Crippen LogP contribution in [0.2, 0.25) is 0 Å². The van der Waals surface area contributed by atoms with Crippen LogP contribution in [0.5, 0.6) is 0 Å². The molecule has 0 aromatic rings. The van der Waals surface area contributed by atoms with E-state index in [4.69, 9.17) is 4.74 Å². The van der Waals surface area contributed by atoms with Crippen LogP contribution in [0.3, 0.4) is 0 Å². The Balaban J connectivity index is 1.42. The van der Waals surface area contributed by atoms with Gasteiger partial charge in [0.05, 0.1) is 13.2 Å². The predicted octanol–water partition coefficient (Wildman–Crippen LogP) is 1.84. The maximum Gasteiger partial charge on any atom is 0.221 e. The molecule has 3 aliphatic rings. The lowest BCUT2D eigenvalue weighted by Gasteiger charge is -2.39. The van der Waals surface area contributed by atoms with Gasteiger partial charge >= 0.3 is 0 Å². The summed E-state index contributed by atoms with van der Waals surface area (Å²) in [5.74, 6) is 2.02. The highest BCUT2D eigenvalue weighted by molar-refractivity contribution is 5.76. The van der Waals surface area contributed by atoms with Gasteiger partial charge in [0.2, 0.25) is 5.91 Å². The molecule has 20 heavy (non-hydrogen) atoms. The molecule has 4 heteroatoms. The van der Waals surface area contributed by atoms with Gasteiger partial charge in [0.25, 0.3) is 0 Å². The third-order valence-corrected chi connectivity index (χ3v) is 5.34. The Kier molecular flexibility index (Phi) is 4.94. The number of carbonyl (C=O) groups is 1. The van der Waals surface area contributed by atoms with Crippen molar-refractivity contribution in [2.24, 2.45) is 11.8 Å². The molecule has 2 aliphatic carbocycles. The molecule has 4 unspecified atom stereocenters. The fraction of sp³-hybridized carbons (Fsp3) is 0.938. The molecule has 1 saturated heterocycles. The molecule has 1 amide bonds. The van der Waals surface area contributed by atoms with Crippen molar-refractivity contribution in [3.8, 4) is 0 Å². The standard InChI is InChI=1S/C16H28N2O2/c19-16(10-15-11-20-8-7-17-15)18-14-6-5-12-3-1-2-4-13(12)9-14/h12-15,17H,1-11H2,(H,18,19). The second kappa shape index (κ2) is 6.90. The molecule has 0 aromatic heterocycles. The van der Waals surface area contributed by atoms with Gasteiger partial charge in [-0.2, -0.15) is 0 Å². The number of fused-ring (bicyclic) bond motifs is 1. The summed E-state index contributed by atoms with van der Waals surface area (Å²) in [5.41, 5.74) is 0. The van der Waals surface area contributed by atoms with Crippen LogP contribution in [0.15, 0.2) is 0 Å². The minimum Gasteiger partial charge on any atom is -0.378 e. The summed E-state index contributed by atoms with van der Waals surface area (Å²) >= 11 is 0. The summed E-state index contributed by atoms with van der Waals surface area (Å²) in [4.78, 5) is 12.1. The van der Waals surface area contributed by atoms with Gasteiger partial charge in [0, 0.05) is 25.0 Å². The number of hydrogen-bond acceptors (Lipinski definition) is 3. The Morgan fingerprint density at radius 2 is 2.00 bits per heavy atom. The zero-order valence-corrected chi connectivity index (χ0v) is 12.4. The molecule has 0 bridgehead atoms. The topological polar surface area (TPSA) is 50.4 Å². The molecule has 0 spiro atoms. The van der Waals surface area contributed by atoms with Gasteiger partial charge in [-0.3, -0.25) is 4.79 Å². The first-order chi connectivity index (χ1) is 9.81. The van der Waals surface area contributed by atoms with Crippen LogP contribution in [-0.2, 0) is 9.53 Å². The van der Waals surface area contributed by atoms with Gasteiger partial charge in [-0.1, -0.05) is 25.7 Å². The van der Waals surface area contributed by atoms with E-state index in [0.29, 0.717) is 19.1 Å². The number of hydrogen-bond donors (Lipinski definition) is 2. The normalized spacial score (nSPS) is 38.0. The van der Waals surface area contributed by atoms with Gasteiger partial charge in [-0.05, 0) is 31.1 Å². The minimum absolute atomic E-state index is 0.201. The van der Waals surface area contributed by atoms with E-state index in [1.807, 2.05) is 0 Å². The van der Waals surface area contributed by atoms with E-state index in [1.165, 1.54) is 44.9 Å². The lowest BCUT2D eigenvalue weighted by molar-refractivity contribution is -0.123. The number of rotatable bonds is 3. The Morgan fingerprint density at radius 1 is 1.15 bits per heavy atom. The van der Waals surface area contributed by atoms with Crippen molar-refractivity contribution < 1.29 is 9.53 Å². The van der Waals surface area contributed by atoms with Crippen molar-refractivity contribution in [1.29, 1.82) is 0 Å². The fourth-order valence-electron chi connectivity index (χ4n) is 4.27. The van der Waals surface area contributed by atoms with Crippen molar-refractivity contribution in [3.63, 3.8) is 0 Å². The van der Waals surface area contributed by atoms with Crippen molar-refractivity contribution in [1.82, 2.24) is 10.6 Å². The zero-order chi connectivity index (χ0) is 13.8. The Bertz CT molecular complexity index is 328. The van der Waals surface area contributed by atoms with Gasteiger partial charge < -0.3 is 15.4 Å². The number of amides is 1. The summed E-state index contributed by atoms with van der Waals surface area (Å²) in [7, 11) is 0. The summed E-state index contributed by atoms with van der Waals surface area (Å²) in [6.07, 6.45) is 9.90. The largest absolute Gasteiger partial charge is 0.378 e. The van der Waals surface area contributed by atoms with E-state index in [-0.39, 0.29) is 11.9 Å². The Hall–Kier alpha value is -0.610. The molecule has 1 aliphatic heterocycles. The van der Waals surface area contributed by atoms with E-state index in [0.717, 1.165) is 25.0 Å². The maximum atomic E-state index is 12.1. The van der Waals surface area contributed by atoms with Gasteiger partial charge in [0.15, 0.2) is 0 Å². The third kappa shape index (κ3) is 3.73. The minimum atomic E-state index is 0.201. The van der Waals surface area contributed by atoms with Crippen LogP contribution in [-0.4, -0.2) is 37.7 Å². The first-order valence-corrected chi connectivity index (χ1v) is 8.42. The second-order valence-corrected chi connectivity index (χ2v) is 6.81. The predicted molar refractivity (Wildman–Crippen MR) is 78.5 cm³/mol. The molecule has 4 atom stereocenters. The number of nitrogens with one attached hydrogen (secondary N) is 2. The van der Waals surface area contributed by atoms with Crippen molar-refractivity contribution in [2.45, 2.75) is 63.5 Å². The average molecular weight is 280 g/mol. The van der Waals surface area contributed by atoms with E-state index in [1.54, 1.807) is 0 Å². The molecule has 114 valence electrons. The van der Waals surface area contributed by atoms with Crippen LogP contribution < -0.4 is 10.6 Å². The van der Waals surface area contributed by atoms with E-state index < -0.39 is 0 Å². The lowest BCUT2D eigenvalue weighted by atomic mass is 9.69. The zero-order valence-electron chi connectivity index (χ0n) is 12.4. The molecule has 2 N–H and O–H groups in total. The first kappa shape index (κ1) is 14.3. The summed E-state index contributed by atoms with van der Waals surface area (Å²) in [6.45, 7) is 2.30. The van der Waals surface area contributed by atoms with Crippen molar-refractivity contribution in [2.75, 3.05) is 19.8 Å². The summed E-state index contributed by atoms with van der Waals surface area (Å²) in [5, 5.41) is 6.61. The van der Waals surface area contributed by atoms with Crippen LogP contribution in [0.1, 0.15) is 51.4 Å². The molecule has 0 aromatic carbocycles. The van der Waals surface area contributed by atoms with E-state index in [2.05, 4.69) is 10.6 Å².